The first-order valence-corrected chi connectivity index (χ1v) is 5.44. The van der Waals surface area contributed by atoms with Gasteiger partial charge in [0.25, 0.3) is 0 Å². The van der Waals surface area contributed by atoms with E-state index >= 15 is 0 Å². The Labute approximate surface area is 90.5 Å². The van der Waals surface area contributed by atoms with Gasteiger partial charge in [-0.1, -0.05) is 6.08 Å². The van der Waals surface area contributed by atoms with Crippen LogP contribution in [0.4, 0.5) is 0 Å². The maximum absolute atomic E-state index is 11.2. The van der Waals surface area contributed by atoms with Gasteiger partial charge < -0.3 is 4.74 Å². The molecule has 1 rings (SSSR count). The summed E-state index contributed by atoms with van der Waals surface area (Å²) in [6, 6.07) is 0. The molecule has 0 aliphatic heterocycles. The fourth-order valence-electron chi connectivity index (χ4n) is 1.85. The van der Waals surface area contributed by atoms with Crippen molar-refractivity contribution in [3.05, 3.63) is 12.2 Å². The van der Waals surface area contributed by atoms with Crippen LogP contribution in [-0.4, -0.2) is 17.9 Å². The van der Waals surface area contributed by atoms with Crippen molar-refractivity contribution in [3.8, 4) is 0 Å². The lowest BCUT2D eigenvalue weighted by Crippen LogP contribution is -2.18. The van der Waals surface area contributed by atoms with E-state index in [4.69, 9.17) is 4.74 Å². The number of carbonyl (C=O) groups excluding carboxylic acids is 2. The highest BCUT2D eigenvalue weighted by Gasteiger charge is 2.17. The van der Waals surface area contributed by atoms with Crippen molar-refractivity contribution in [1.82, 2.24) is 0 Å². The summed E-state index contributed by atoms with van der Waals surface area (Å²) in [5.41, 5.74) is 0. The summed E-state index contributed by atoms with van der Waals surface area (Å²) in [6.45, 7) is 3.06. The van der Waals surface area contributed by atoms with Crippen LogP contribution in [-0.2, 0) is 14.3 Å². The molecule has 2 atom stereocenters. The Morgan fingerprint density at radius 3 is 2.60 bits per heavy atom. The molecule has 0 heterocycles. The first-order valence-electron chi connectivity index (χ1n) is 5.44. The van der Waals surface area contributed by atoms with E-state index in [-0.39, 0.29) is 23.8 Å². The summed E-state index contributed by atoms with van der Waals surface area (Å²) in [6.07, 6.45) is 7.18. The zero-order chi connectivity index (χ0) is 11.3. The Morgan fingerprint density at radius 2 is 2.00 bits per heavy atom. The van der Waals surface area contributed by atoms with E-state index in [9.17, 15) is 9.59 Å². The lowest BCUT2D eigenvalue weighted by molar-refractivity contribution is -0.144. The largest absolute Gasteiger partial charge is 0.458 e. The van der Waals surface area contributed by atoms with Crippen LogP contribution in [0.25, 0.3) is 0 Å². The number of rotatable bonds is 2. The second-order valence-corrected chi connectivity index (χ2v) is 4.05. The first-order chi connectivity index (χ1) is 7.09. The maximum Gasteiger partial charge on any atom is 0.303 e. The van der Waals surface area contributed by atoms with Crippen LogP contribution in [0.5, 0.6) is 0 Å². The van der Waals surface area contributed by atoms with Gasteiger partial charge in [-0.15, -0.1) is 0 Å². The quantitative estimate of drug-likeness (QED) is 0.518. The number of esters is 1. The lowest BCUT2D eigenvalue weighted by Gasteiger charge is -2.18. The Hall–Kier alpha value is -1.12. The molecule has 0 bridgehead atoms. The van der Waals surface area contributed by atoms with Crippen molar-refractivity contribution in [2.45, 2.75) is 45.6 Å². The van der Waals surface area contributed by atoms with Gasteiger partial charge in [0.1, 0.15) is 11.9 Å². The zero-order valence-electron chi connectivity index (χ0n) is 9.36. The Bertz CT molecular complexity index is 268. The van der Waals surface area contributed by atoms with E-state index < -0.39 is 0 Å². The zero-order valence-corrected chi connectivity index (χ0v) is 9.36. The molecule has 3 heteroatoms. The van der Waals surface area contributed by atoms with Crippen molar-refractivity contribution >= 4 is 11.8 Å². The molecular weight excluding hydrogens is 192 g/mol. The Morgan fingerprint density at radius 1 is 1.27 bits per heavy atom. The van der Waals surface area contributed by atoms with Crippen molar-refractivity contribution in [3.63, 3.8) is 0 Å². The van der Waals surface area contributed by atoms with Gasteiger partial charge in [-0.2, -0.15) is 0 Å². The Kier molecular flexibility index (Phi) is 4.53. The van der Waals surface area contributed by atoms with Crippen LogP contribution in [0, 0.1) is 5.92 Å². The van der Waals surface area contributed by atoms with Gasteiger partial charge in [0.15, 0.2) is 0 Å². The molecule has 0 radical (unpaired) electrons. The normalized spacial score (nSPS) is 28.7. The molecule has 0 fully saturated rings. The second kappa shape index (κ2) is 5.69. The van der Waals surface area contributed by atoms with Crippen molar-refractivity contribution in [2.75, 3.05) is 0 Å². The summed E-state index contributed by atoms with van der Waals surface area (Å²) >= 11 is 0. The summed E-state index contributed by atoms with van der Waals surface area (Å²) in [5.74, 6) is 0.165. The minimum atomic E-state index is -0.242. The molecule has 0 saturated carbocycles. The molecule has 1 aliphatic rings. The smallest absolute Gasteiger partial charge is 0.303 e. The second-order valence-electron chi connectivity index (χ2n) is 4.05. The summed E-state index contributed by atoms with van der Waals surface area (Å²) in [5, 5.41) is 0. The molecule has 1 aliphatic carbocycles. The molecule has 3 nitrogen and oxygen atoms in total. The van der Waals surface area contributed by atoms with Crippen LogP contribution in [0.15, 0.2) is 12.2 Å². The van der Waals surface area contributed by atoms with Gasteiger partial charge in [-0.05, 0) is 38.7 Å². The molecule has 0 spiro atoms. The highest BCUT2D eigenvalue weighted by molar-refractivity contribution is 5.78. The van der Waals surface area contributed by atoms with E-state index in [0.717, 1.165) is 25.7 Å². The monoisotopic (exact) mass is 210 g/mol. The van der Waals surface area contributed by atoms with Crippen molar-refractivity contribution in [2.24, 2.45) is 5.92 Å². The number of carbonyl (C=O) groups is 2. The lowest BCUT2D eigenvalue weighted by atomic mass is 9.91. The van der Waals surface area contributed by atoms with Gasteiger partial charge in [-0.25, -0.2) is 0 Å². The maximum atomic E-state index is 11.2. The van der Waals surface area contributed by atoms with Gasteiger partial charge in [0, 0.05) is 12.8 Å². The summed E-state index contributed by atoms with van der Waals surface area (Å²) in [4.78, 5) is 22.0. The molecule has 0 amide bonds. The van der Waals surface area contributed by atoms with Gasteiger partial charge in [0.2, 0.25) is 0 Å². The standard InChI is InChI=1S/C12H18O3/c1-9(13)11-5-3-7-12(8-4-6-11)15-10(2)14/h3,7,11-12H,4-6,8H2,1-2H3/b7-3+. The number of ketones is 1. The van der Waals surface area contributed by atoms with E-state index in [1.54, 1.807) is 6.92 Å². The van der Waals surface area contributed by atoms with Crippen LogP contribution in [0.3, 0.4) is 0 Å². The molecule has 0 N–H and O–H groups in total. The third-order valence-corrected chi connectivity index (χ3v) is 2.70. The minimum absolute atomic E-state index is 0.101. The van der Waals surface area contributed by atoms with E-state index in [0.29, 0.717) is 0 Å². The molecule has 0 aromatic rings. The third-order valence-electron chi connectivity index (χ3n) is 2.70. The molecular formula is C12H18O3. The molecule has 2 unspecified atom stereocenters. The van der Waals surface area contributed by atoms with Gasteiger partial charge in [-0.3, -0.25) is 9.59 Å². The SMILES string of the molecule is CC(=O)OC1/C=C/CC(C(C)=O)CCC1. The predicted octanol–water partition coefficient (Wildman–Crippen LogP) is 2.25. The van der Waals surface area contributed by atoms with Crippen LogP contribution < -0.4 is 0 Å². The fourth-order valence-corrected chi connectivity index (χ4v) is 1.85. The first kappa shape index (κ1) is 12.0. The fraction of sp³-hybridized carbons (Fsp3) is 0.667. The van der Waals surface area contributed by atoms with E-state index in [1.165, 1.54) is 6.92 Å². The average Bonchev–Trinajstić information content (AvgIpc) is 2.07. The third kappa shape index (κ3) is 4.28. The predicted molar refractivity (Wildman–Crippen MR) is 57.3 cm³/mol. The van der Waals surface area contributed by atoms with Gasteiger partial charge >= 0.3 is 5.97 Å². The van der Waals surface area contributed by atoms with E-state index in [2.05, 4.69) is 0 Å². The molecule has 15 heavy (non-hydrogen) atoms. The topological polar surface area (TPSA) is 43.4 Å². The number of hydrogen-bond donors (Lipinski definition) is 0. The summed E-state index contributed by atoms with van der Waals surface area (Å²) < 4.78 is 5.11. The van der Waals surface area contributed by atoms with E-state index in [1.807, 2.05) is 12.2 Å². The highest BCUT2D eigenvalue weighted by atomic mass is 16.5. The molecule has 0 saturated heterocycles. The minimum Gasteiger partial charge on any atom is -0.458 e. The van der Waals surface area contributed by atoms with Crippen LogP contribution in [0.2, 0.25) is 0 Å². The molecule has 84 valence electrons. The Balaban J connectivity index is 2.50. The van der Waals surface area contributed by atoms with Crippen molar-refractivity contribution < 1.29 is 14.3 Å². The van der Waals surface area contributed by atoms with Crippen LogP contribution >= 0.6 is 0 Å². The highest BCUT2D eigenvalue weighted by Crippen LogP contribution is 2.20. The summed E-state index contributed by atoms with van der Waals surface area (Å²) in [7, 11) is 0. The number of ether oxygens (including phenoxy) is 1. The van der Waals surface area contributed by atoms with Gasteiger partial charge in [0.05, 0.1) is 0 Å². The molecule has 0 aromatic carbocycles. The van der Waals surface area contributed by atoms with Crippen molar-refractivity contribution in [1.29, 1.82) is 0 Å². The molecule has 0 aromatic heterocycles. The average molecular weight is 210 g/mol. The van der Waals surface area contributed by atoms with Crippen LogP contribution in [0.1, 0.15) is 39.5 Å². The number of allylic oxidation sites excluding steroid dienone is 1. The number of Topliss-reactive ketones (excluding diaryl/α,β-unsaturated/α-hetero) is 1. The number of hydrogen-bond acceptors (Lipinski definition) is 3.